The van der Waals surface area contributed by atoms with Gasteiger partial charge in [-0.05, 0) is 36.0 Å². The third-order valence-electron chi connectivity index (χ3n) is 6.13. The Hall–Kier alpha value is -1.40. The van der Waals surface area contributed by atoms with Gasteiger partial charge in [-0.1, -0.05) is 104 Å². The van der Waals surface area contributed by atoms with Crippen molar-refractivity contribution in [1.29, 1.82) is 0 Å². The van der Waals surface area contributed by atoms with Crippen molar-refractivity contribution < 1.29 is 0 Å². The van der Waals surface area contributed by atoms with E-state index in [1.165, 1.54) is 89.9 Å². The van der Waals surface area contributed by atoms with Gasteiger partial charge < -0.3 is 10.6 Å². The van der Waals surface area contributed by atoms with E-state index in [2.05, 4.69) is 44.4 Å². The highest BCUT2D eigenvalue weighted by Gasteiger charge is 2.14. The van der Waals surface area contributed by atoms with E-state index in [0.717, 1.165) is 25.9 Å². The molecule has 0 radical (unpaired) electrons. The number of unbranched alkanes of at least 4 members (excludes halogenated alkanes) is 14. The molecule has 0 unspecified atom stereocenters. The molecule has 0 saturated carbocycles. The van der Waals surface area contributed by atoms with E-state index < -0.39 is 0 Å². The van der Waals surface area contributed by atoms with E-state index in [1.807, 2.05) is 0 Å². The van der Waals surface area contributed by atoms with Crippen LogP contribution in [-0.4, -0.2) is 33.0 Å². The zero-order valence-corrected chi connectivity index (χ0v) is 22.8. The molecule has 0 bridgehead atoms. The molecule has 2 heterocycles. The summed E-state index contributed by atoms with van der Waals surface area (Å²) in [7, 11) is 0. The summed E-state index contributed by atoms with van der Waals surface area (Å²) in [6.45, 7) is 6.15. The van der Waals surface area contributed by atoms with Crippen molar-refractivity contribution in [1.82, 2.24) is 19.9 Å². The Balaban J connectivity index is 1.82. The summed E-state index contributed by atoms with van der Waals surface area (Å²) in [5, 5.41) is 7.15. The lowest BCUT2D eigenvalue weighted by molar-refractivity contribution is 0.581. The minimum Gasteiger partial charge on any atom is -0.368 e. The summed E-state index contributed by atoms with van der Waals surface area (Å²) in [6, 6.07) is 0. The predicted octanol–water partition coefficient (Wildman–Crippen LogP) is 8.83. The van der Waals surface area contributed by atoms with Crippen LogP contribution in [0, 0.1) is 0 Å². The minimum atomic E-state index is 0.187. The number of anilines is 2. The average Bonchev–Trinajstić information content (AvgIpc) is 2.82. The quantitative estimate of drug-likeness (QED) is 0.137. The van der Waals surface area contributed by atoms with Gasteiger partial charge in [-0.2, -0.15) is 9.97 Å². The first-order chi connectivity index (χ1) is 16.7. The molecule has 2 N–H and O–H groups in total. The molecule has 6 nitrogen and oxygen atoms in total. The molecule has 0 atom stereocenters. The Morgan fingerprint density at radius 1 is 0.471 bits per heavy atom. The predicted molar refractivity (Wildman–Crippen MR) is 147 cm³/mol. The molecule has 2 aromatic heterocycles. The fourth-order valence-corrected chi connectivity index (χ4v) is 4.48. The van der Waals surface area contributed by atoms with Gasteiger partial charge in [0, 0.05) is 13.1 Å². The van der Waals surface area contributed by atoms with Crippen LogP contribution in [0.25, 0.3) is 11.0 Å². The van der Waals surface area contributed by atoms with E-state index in [4.69, 9.17) is 23.2 Å². The first-order valence-electron chi connectivity index (χ1n) is 13.5. The number of hydrogen-bond acceptors (Lipinski definition) is 6. The van der Waals surface area contributed by atoms with E-state index >= 15 is 0 Å². The van der Waals surface area contributed by atoms with Crippen LogP contribution in [0.2, 0.25) is 10.6 Å². The number of fused-ring (bicyclic) bond motifs is 1. The largest absolute Gasteiger partial charge is 0.368 e. The molecule has 34 heavy (non-hydrogen) atoms. The number of nitrogens with zero attached hydrogens (tertiary/aromatic N) is 4. The molecule has 192 valence electrons. The highest BCUT2D eigenvalue weighted by atomic mass is 35.5. The van der Waals surface area contributed by atoms with Gasteiger partial charge in [0.2, 0.25) is 10.6 Å². The van der Waals surface area contributed by atoms with E-state index in [-0.39, 0.29) is 10.6 Å². The maximum absolute atomic E-state index is 6.23. The Kier molecular flexibility index (Phi) is 15.2. The Bertz CT molecular complexity index is 750. The van der Waals surface area contributed by atoms with Crippen LogP contribution in [0.5, 0.6) is 0 Å². The average molecular weight is 512 g/mol. The summed E-state index contributed by atoms with van der Waals surface area (Å²) in [5.74, 6) is 1.25. The smallest absolute Gasteiger partial charge is 0.225 e. The third kappa shape index (κ3) is 11.4. The second-order valence-corrected chi connectivity index (χ2v) is 9.86. The topological polar surface area (TPSA) is 75.6 Å². The lowest BCUT2D eigenvalue weighted by atomic mass is 10.1. The number of nitrogens with one attached hydrogen (secondary N) is 2. The van der Waals surface area contributed by atoms with Crippen molar-refractivity contribution in [2.24, 2.45) is 0 Å². The molecule has 0 aliphatic rings. The first kappa shape index (κ1) is 28.8. The van der Waals surface area contributed by atoms with Crippen molar-refractivity contribution in [3.8, 4) is 0 Å². The third-order valence-corrected chi connectivity index (χ3v) is 6.47. The van der Waals surface area contributed by atoms with E-state index in [0.29, 0.717) is 22.7 Å². The molecule has 0 spiro atoms. The first-order valence-corrected chi connectivity index (χ1v) is 14.3. The standard InChI is InChI=1S/C26H44Cl2N6/c1-3-5-7-9-11-13-15-17-19-29-23-21-22(32-25(27)33-23)24(34-26(28)31-21)30-20-18-16-14-12-10-8-6-4-2/h3-20H2,1-2H3,(H,29,32,33)(H,30,31,34). The molecule has 0 aliphatic carbocycles. The maximum atomic E-state index is 6.23. The number of hydrogen-bond donors (Lipinski definition) is 2. The molecular weight excluding hydrogens is 467 g/mol. The van der Waals surface area contributed by atoms with Gasteiger partial charge in [0.25, 0.3) is 0 Å². The zero-order chi connectivity index (χ0) is 24.4. The summed E-state index contributed by atoms with van der Waals surface area (Å²) in [4.78, 5) is 17.5. The highest BCUT2D eigenvalue weighted by molar-refractivity contribution is 6.30. The fourth-order valence-electron chi connectivity index (χ4n) is 4.14. The Morgan fingerprint density at radius 3 is 1.15 bits per heavy atom. The van der Waals surface area contributed by atoms with Crippen molar-refractivity contribution in [2.45, 2.75) is 117 Å². The van der Waals surface area contributed by atoms with Gasteiger partial charge in [0.1, 0.15) is 11.0 Å². The van der Waals surface area contributed by atoms with E-state index in [1.54, 1.807) is 0 Å². The second-order valence-electron chi connectivity index (χ2n) is 9.18. The fraction of sp³-hybridized carbons (Fsp3) is 0.769. The van der Waals surface area contributed by atoms with Crippen molar-refractivity contribution in [3.05, 3.63) is 10.6 Å². The lowest BCUT2D eigenvalue weighted by Gasteiger charge is -2.12. The summed E-state index contributed by atoms with van der Waals surface area (Å²) in [5.41, 5.74) is 1.23. The van der Waals surface area contributed by atoms with Gasteiger partial charge in [0.05, 0.1) is 0 Å². The lowest BCUT2D eigenvalue weighted by Crippen LogP contribution is -2.09. The molecule has 0 amide bonds. The molecular formula is C26H44Cl2N6. The van der Waals surface area contributed by atoms with Crippen LogP contribution < -0.4 is 10.6 Å². The zero-order valence-electron chi connectivity index (χ0n) is 21.3. The molecule has 0 saturated heterocycles. The summed E-state index contributed by atoms with van der Waals surface area (Å²) < 4.78 is 0. The Morgan fingerprint density at radius 2 is 0.794 bits per heavy atom. The van der Waals surface area contributed by atoms with Crippen molar-refractivity contribution in [3.63, 3.8) is 0 Å². The SMILES string of the molecule is CCCCCCCCCCNc1nc(Cl)nc2c(NCCCCCCCCCC)nc(Cl)nc12. The minimum absolute atomic E-state index is 0.187. The molecule has 2 rings (SSSR count). The molecule has 0 aromatic carbocycles. The monoisotopic (exact) mass is 510 g/mol. The number of aromatic nitrogens is 4. The second kappa shape index (κ2) is 18.0. The number of halogens is 2. The van der Waals surface area contributed by atoms with Crippen LogP contribution in [0.4, 0.5) is 11.6 Å². The van der Waals surface area contributed by atoms with Gasteiger partial charge in [-0.15, -0.1) is 0 Å². The van der Waals surface area contributed by atoms with Gasteiger partial charge in [-0.3, -0.25) is 0 Å². The molecule has 0 aliphatic heterocycles. The van der Waals surface area contributed by atoms with Gasteiger partial charge >= 0.3 is 0 Å². The Labute approximate surface area is 216 Å². The normalized spacial score (nSPS) is 11.3. The van der Waals surface area contributed by atoms with Crippen LogP contribution in [0.1, 0.15) is 117 Å². The highest BCUT2D eigenvalue weighted by Crippen LogP contribution is 2.27. The molecule has 8 heteroatoms. The summed E-state index contributed by atoms with van der Waals surface area (Å²) in [6.07, 6.45) is 20.5. The molecule has 0 fully saturated rings. The number of rotatable bonds is 20. The van der Waals surface area contributed by atoms with Gasteiger partial charge in [-0.25, -0.2) is 9.97 Å². The van der Waals surface area contributed by atoms with E-state index in [9.17, 15) is 0 Å². The molecule has 2 aromatic rings. The van der Waals surface area contributed by atoms with Crippen LogP contribution in [0.15, 0.2) is 0 Å². The van der Waals surface area contributed by atoms with Crippen LogP contribution in [0.3, 0.4) is 0 Å². The van der Waals surface area contributed by atoms with Crippen molar-refractivity contribution >= 4 is 45.9 Å². The van der Waals surface area contributed by atoms with Crippen molar-refractivity contribution in [2.75, 3.05) is 23.7 Å². The van der Waals surface area contributed by atoms with Crippen LogP contribution in [-0.2, 0) is 0 Å². The van der Waals surface area contributed by atoms with Gasteiger partial charge in [0.15, 0.2) is 11.6 Å². The summed E-state index contributed by atoms with van der Waals surface area (Å²) >= 11 is 12.5. The maximum Gasteiger partial charge on any atom is 0.225 e. The van der Waals surface area contributed by atoms with Crippen LogP contribution >= 0.6 is 23.2 Å².